The summed E-state index contributed by atoms with van der Waals surface area (Å²) in [4.78, 5) is 23.8. The van der Waals surface area contributed by atoms with Crippen molar-refractivity contribution in [3.05, 3.63) is 0 Å². The highest BCUT2D eigenvalue weighted by Gasteiger charge is 2.33. The Morgan fingerprint density at radius 2 is 1.55 bits per heavy atom. The van der Waals surface area contributed by atoms with Crippen LogP contribution < -0.4 is 10.6 Å². The Kier molecular flexibility index (Phi) is 5.02. The molecule has 0 aromatic rings. The number of nitrogens with zero attached hydrogens (tertiary/aromatic N) is 1. The minimum Gasteiger partial charge on any atom is -0.335 e. The van der Waals surface area contributed by atoms with E-state index in [4.69, 9.17) is 0 Å². The SMILES string of the molecule is C[N+](C)(CC(=O)NC(=O)NC1CCCC1)C1CCCC1. The molecule has 2 rings (SSSR count). The number of hydrogen-bond donors (Lipinski definition) is 2. The Morgan fingerprint density at radius 1 is 1.00 bits per heavy atom. The van der Waals surface area contributed by atoms with E-state index in [0.29, 0.717) is 17.1 Å². The molecule has 0 atom stereocenters. The average Bonchev–Trinajstić information content (AvgIpc) is 2.99. The third-order valence-corrected chi connectivity index (χ3v) is 4.81. The lowest BCUT2D eigenvalue weighted by molar-refractivity contribution is -0.906. The lowest BCUT2D eigenvalue weighted by Gasteiger charge is -2.35. The van der Waals surface area contributed by atoms with Crippen LogP contribution in [0.4, 0.5) is 4.79 Å². The lowest BCUT2D eigenvalue weighted by atomic mass is 10.2. The molecule has 0 aliphatic heterocycles. The quantitative estimate of drug-likeness (QED) is 0.772. The Hall–Kier alpha value is -1.10. The lowest BCUT2D eigenvalue weighted by Crippen LogP contribution is -2.55. The highest BCUT2D eigenvalue weighted by molar-refractivity contribution is 5.94. The number of rotatable bonds is 4. The van der Waals surface area contributed by atoms with Gasteiger partial charge in [-0.15, -0.1) is 0 Å². The number of urea groups is 1. The topological polar surface area (TPSA) is 58.2 Å². The molecule has 0 heterocycles. The fraction of sp³-hybridized carbons (Fsp3) is 0.867. The second-order valence-corrected chi connectivity index (χ2v) is 6.88. The first-order valence-corrected chi connectivity index (χ1v) is 7.90. The van der Waals surface area contributed by atoms with Crippen LogP contribution in [0.1, 0.15) is 51.4 Å². The predicted octanol–water partition coefficient (Wildman–Crippen LogP) is 1.77. The van der Waals surface area contributed by atoms with Gasteiger partial charge in [-0.25, -0.2) is 4.79 Å². The summed E-state index contributed by atoms with van der Waals surface area (Å²) >= 11 is 0. The molecule has 0 aromatic carbocycles. The zero-order valence-electron chi connectivity index (χ0n) is 12.8. The van der Waals surface area contributed by atoms with Crippen LogP contribution in [0.2, 0.25) is 0 Å². The van der Waals surface area contributed by atoms with Crippen LogP contribution in [0.15, 0.2) is 0 Å². The summed E-state index contributed by atoms with van der Waals surface area (Å²) in [6.07, 6.45) is 9.31. The van der Waals surface area contributed by atoms with E-state index in [1.165, 1.54) is 38.5 Å². The normalized spacial score (nSPS) is 21.1. The molecule has 2 saturated carbocycles. The van der Waals surface area contributed by atoms with Crippen molar-refractivity contribution in [2.75, 3.05) is 20.6 Å². The van der Waals surface area contributed by atoms with E-state index in [1.54, 1.807) is 0 Å². The van der Waals surface area contributed by atoms with E-state index >= 15 is 0 Å². The van der Waals surface area contributed by atoms with E-state index in [9.17, 15) is 9.59 Å². The van der Waals surface area contributed by atoms with Crippen molar-refractivity contribution in [1.82, 2.24) is 10.6 Å². The van der Waals surface area contributed by atoms with Crippen LogP contribution >= 0.6 is 0 Å². The average molecular weight is 282 g/mol. The largest absolute Gasteiger partial charge is 0.335 e. The van der Waals surface area contributed by atoms with Gasteiger partial charge in [0.25, 0.3) is 5.91 Å². The van der Waals surface area contributed by atoms with Gasteiger partial charge < -0.3 is 9.80 Å². The summed E-state index contributed by atoms with van der Waals surface area (Å²) in [6.45, 7) is 0.378. The van der Waals surface area contributed by atoms with Gasteiger partial charge in [0, 0.05) is 6.04 Å². The molecule has 0 aromatic heterocycles. The van der Waals surface area contributed by atoms with Crippen molar-refractivity contribution in [3.63, 3.8) is 0 Å². The monoisotopic (exact) mass is 282 g/mol. The molecule has 2 aliphatic carbocycles. The minimum atomic E-state index is -0.326. The Bertz CT molecular complexity index is 356. The van der Waals surface area contributed by atoms with E-state index in [1.807, 2.05) is 0 Å². The van der Waals surface area contributed by atoms with Gasteiger partial charge in [0.1, 0.15) is 0 Å². The number of likely N-dealkylation sites (N-methyl/N-ethyl adjacent to an activating group) is 1. The number of imide groups is 1. The van der Waals surface area contributed by atoms with Crippen LogP contribution in [-0.4, -0.2) is 49.1 Å². The zero-order valence-corrected chi connectivity index (χ0v) is 12.8. The second kappa shape index (κ2) is 6.57. The maximum absolute atomic E-state index is 12.0. The molecule has 5 heteroatoms. The van der Waals surface area contributed by atoms with Gasteiger partial charge in [-0.2, -0.15) is 0 Å². The molecule has 114 valence electrons. The van der Waals surface area contributed by atoms with E-state index in [-0.39, 0.29) is 18.0 Å². The van der Waals surface area contributed by atoms with E-state index in [0.717, 1.165) is 12.8 Å². The first kappa shape index (κ1) is 15.3. The molecule has 0 spiro atoms. The molecule has 0 unspecified atom stereocenters. The summed E-state index contributed by atoms with van der Waals surface area (Å²) in [5.74, 6) is -0.169. The first-order chi connectivity index (χ1) is 9.47. The molecular weight excluding hydrogens is 254 g/mol. The van der Waals surface area contributed by atoms with Crippen LogP contribution in [0.5, 0.6) is 0 Å². The molecule has 2 N–H and O–H groups in total. The Labute approximate surface area is 121 Å². The summed E-state index contributed by atoms with van der Waals surface area (Å²) in [5, 5.41) is 5.37. The molecule has 2 aliphatic rings. The molecule has 2 fully saturated rings. The molecule has 0 saturated heterocycles. The standard InChI is InChI=1S/C15H27N3O2/c1-18(2,13-9-5-6-10-13)11-14(19)17-15(20)16-12-7-3-4-8-12/h12-13H,3-11H2,1-2H3,(H-,16,17,19,20)/p+1. The summed E-state index contributed by atoms with van der Waals surface area (Å²) in [7, 11) is 4.18. The second-order valence-electron chi connectivity index (χ2n) is 6.88. The Morgan fingerprint density at radius 3 is 2.15 bits per heavy atom. The van der Waals surface area contributed by atoms with Crippen LogP contribution in [0.25, 0.3) is 0 Å². The Balaban J connectivity index is 1.74. The van der Waals surface area contributed by atoms with Crippen molar-refractivity contribution in [2.24, 2.45) is 0 Å². The first-order valence-electron chi connectivity index (χ1n) is 7.90. The van der Waals surface area contributed by atoms with Gasteiger partial charge in [-0.05, 0) is 38.5 Å². The van der Waals surface area contributed by atoms with Crippen molar-refractivity contribution in [1.29, 1.82) is 0 Å². The van der Waals surface area contributed by atoms with Crippen molar-refractivity contribution >= 4 is 11.9 Å². The fourth-order valence-electron chi connectivity index (χ4n) is 3.56. The maximum Gasteiger partial charge on any atom is 0.321 e. The van der Waals surface area contributed by atoms with Crippen LogP contribution in [0, 0.1) is 0 Å². The third-order valence-electron chi connectivity index (χ3n) is 4.81. The van der Waals surface area contributed by atoms with Crippen molar-refractivity contribution in [2.45, 2.75) is 63.5 Å². The minimum absolute atomic E-state index is 0.169. The molecule has 0 radical (unpaired) electrons. The predicted molar refractivity (Wildman–Crippen MR) is 78.2 cm³/mol. The van der Waals surface area contributed by atoms with Crippen LogP contribution in [-0.2, 0) is 4.79 Å². The van der Waals surface area contributed by atoms with Gasteiger partial charge in [0.05, 0.1) is 20.1 Å². The molecule has 20 heavy (non-hydrogen) atoms. The number of carbonyl (C=O) groups is 2. The number of carbonyl (C=O) groups excluding carboxylic acids is 2. The number of nitrogens with one attached hydrogen (secondary N) is 2. The van der Waals surface area contributed by atoms with Crippen LogP contribution in [0.3, 0.4) is 0 Å². The number of quaternary nitrogens is 1. The third kappa shape index (κ3) is 4.20. The molecule has 0 bridgehead atoms. The zero-order chi connectivity index (χ0) is 14.6. The smallest absolute Gasteiger partial charge is 0.321 e. The molecule has 3 amide bonds. The van der Waals surface area contributed by atoms with Crippen molar-refractivity contribution in [3.8, 4) is 0 Å². The highest BCUT2D eigenvalue weighted by Crippen LogP contribution is 2.26. The van der Waals surface area contributed by atoms with E-state index in [2.05, 4.69) is 24.7 Å². The number of hydrogen-bond acceptors (Lipinski definition) is 2. The fourth-order valence-corrected chi connectivity index (χ4v) is 3.56. The van der Waals surface area contributed by atoms with Gasteiger partial charge >= 0.3 is 6.03 Å². The summed E-state index contributed by atoms with van der Waals surface area (Å²) < 4.78 is 0.683. The van der Waals surface area contributed by atoms with Gasteiger partial charge in [0.2, 0.25) is 0 Å². The van der Waals surface area contributed by atoms with Gasteiger partial charge in [0.15, 0.2) is 6.54 Å². The van der Waals surface area contributed by atoms with E-state index < -0.39 is 0 Å². The molecular formula is C15H28N3O2+. The molecule has 5 nitrogen and oxygen atoms in total. The maximum atomic E-state index is 12.0. The summed E-state index contributed by atoms with van der Waals surface area (Å²) in [5.41, 5.74) is 0. The summed E-state index contributed by atoms with van der Waals surface area (Å²) in [6, 6.07) is 0.479. The van der Waals surface area contributed by atoms with Gasteiger partial charge in [-0.1, -0.05) is 12.8 Å². The number of amides is 3. The van der Waals surface area contributed by atoms with Gasteiger partial charge in [-0.3, -0.25) is 10.1 Å². The highest BCUT2D eigenvalue weighted by atomic mass is 16.2. The van der Waals surface area contributed by atoms with Crippen molar-refractivity contribution < 1.29 is 14.1 Å².